The van der Waals surface area contributed by atoms with Crippen molar-refractivity contribution in [1.82, 2.24) is 4.98 Å². The van der Waals surface area contributed by atoms with E-state index in [0.29, 0.717) is 17.9 Å². The van der Waals surface area contributed by atoms with Gasteiger partial charge in [0.05, 0.1) is 12.3 Å². The van der Waals surface area contributed by atoms with Crippen LogP contribution in [0.2, 0.25) is 0 Å². The van der Waals surface area contributed by atoms with E-state index in [4.69, 9.17) is 9.72 Å². The molecule has 1 fully saturated rings. The Bertz CT molecular complexity index is 518. The number of thioether (sulfide) groups is 1. The summed E-state index contributed by atoms with van der Waals surface area (Å²) in [6.45, 7) is 2.29. The van der Waals surface area contributed by atoms with E-state index in [1.54, 1.807) is 11.3 Å². The molecule has 0 amide bonds. The molecule has 1 N–H and O–H groups in total. The van der Waals surface area contributed by atoms with E-state index in [1.807, 2.05) is 18.7 Å². The van der Waals surface area contributed by atoms with Crippen molar-refractivity contribution in [2.24, 2.45) is 0 Å². The Labute approximate surface area is 134 Å². The second kappa shape index (κ2) is 6.57. The minimum Gasteiger partial charge on any atom is -0.465 e. The number of esters is 1. The number of nitrogens with one attached hydrogen (secondary N) is 1. The van der Waals surface area contributed by atoms with Gasteiger partial charge in [0, 0.05) is 16.2 Å². The Morgan fingerprint density at radius 1 is 1.48 bits per heavy atom. The lowest BCUT2D eigenvalue weighted by Gasteiger charge is -2.18. The van der Waals surface area contributed by atoms with E-state index in [9.17, 15) is 4.79 Å². The molecular weight excluding hydrogens is 304 g/mol. The lowest BCUT2D eigenvalue weighted by molar-refractivity contribution is -0.145. The Balaban J connectivity index is 1.70. The molecule has 6 heteroatoms. The number of carbonyl (C=O) groups excluding carboxylic acids is 1. The third kappa shape index (κ3) is 3.06. The molecule has 3 unspecified atom stereocenters. The van der Waals surface area contributed by atoms with Crippen molar-refractivity contribution in [1.29, 1.82) is 0 Å². The number of thiazole rings is 1. The lowest BCUT2D eigenvalue weighted by atomic mass is 10.1. The molecule has 0 aromatic carbocycles. The van der Waals surface area contributed by atoms with Crippen LogP contribution in [0.25, 0.3) is 0 Å². The molecular formula is C15H22N2O2S2. The Hall–Kier alpha value is -0.750. The molecule has 4 nitrogen and oxygen atoms in total. The number of rotatable bonds is 5. The predicted octanol–water partition coefficient (Wildman–Crippen LogP) is 3.43. The monoisotopic (exact) mass is 326 g/mol. The van der Waals surface area contributed by atoms with Gasteiger partial charge in [-0.1, -0.05) is 6.42 Å². The Morgan fingerprint density at radius 3 is 3.10 bits per heavy atom. The number of fused-ring (bicyclic) bond motifs is 1. The summed E-state index contributed by atoms with van der Waals surface area (Å²) < 4.78 is 5.16. The summed E-state index contributed by atoms with van der Waals surface area (Å²) in [5.41, 5.74) is 0.958. The van der Waals surface area contributed by atoms with Gasteiger partial charge < -0.3 is 10.1 Å². The average molecular weight is 326 g/mol. The summed E-state index contributed by atoms with van der Waals surface area (Å²) in [6, 6.07) is 0.521. The van der Waals surface area contributed by atoms with E-state index in [0.717, 1.165) is 23.7 Å². The van der Waals surface area contributed by atoms with Crippen molar-refractivity contribution in [3.8, 4) is 0 Å². The van der Waals surface area contributed by atoms with Crippen LogP contribution in [0.15, 0.2) is 0 Å². The molecule has 2 aliphatic carbocycles. The zero-order chi connectivity index (χ0) is 14.8. The van der Waals surface area contributed by atoms with Gasteiger partial charge in [0.1, 0.15) is 5.92 Å². The highest BCUT2D eigenvalue weighted by atomic mass is 32.2. The number of nitrogens with zero attached hydrogens (tertiary/aromatic N) is 1. The maximum Gasteiger partial charge on any atom is 0.315 e. The van der Waals surface area contributed by atoms with Crippen LogP contribution in [0.5, 0.6) is 0 Å². The summed E-state index contributed by atoms with van der Waals surface area (Å²) in [4.78, 5) is 17.9. The molecule has 0 saturated heterocycles. The first-order valence-corrected chi connectivity index (χ1v) is 9.79. The molecule has 21 heavy (non-hydrogen) atoms. The molecule has 0 aliphatic heterocycles. The van der Waals surface area contributed by atoms with Gasteiger partial charge in [-0.3, -0.25) is 4.79 Å². The van der Waals surface area contributed by atoms with Gasteiger partial charge in [0.15, 0.2) is 5.13 Å². The zero-order valence-electron chi connectivity index (χ0n) is 12.6. The number of anilines is 1. The van der Waals surface area contributed by atoms with Crippen molar-refractivity contribution in [2.45, 2.75) is 56.2 Å². The third-order valence-electron chi connectivity index (χ3n) is 4.35. The largest absolute Gasteiger partial charge is 0.465 e. The van der Waals surface area contributed by atoms with Crippen LogP contribution in [0.1, 0.15) is 49.1 Å². The maximum absolute atomic E-state index is 12.0. The predicted molar refractivity (Wildman–Crippen MR) is 88.4 cm³/mol. The maximum atomic E-state index is 12.0. The van der Waals surface area contributed by atoms with Gasteiger partial charge in [-0.25, -0.2) is 4.98 Å². The van der Waals surface area contributed by atoms with Crippen molar-refractivity contribution in [3.63, 3.8) is 0 Å². The second-order valence-electron chi connectivity index (χ2n) is 5.63. The molecule has 3 atom stereocenters. The SMILES string of the molecule is CCOC(=O)C1CCc2sc(NC3CCCC3SC)nc21. The van der Waals surface area contributed by atoms with Crippen molar-refractivity contribution >= 4 is 34.2 Å². The van der Waals surface area contributed by atoms with E-state index < -0.39 is 0 Å². The molecule has 0 spiro atoms. The molecule has 1 saturated carbocycles. The first-order valence-electron chi connectivity index (χ1n) is 7.68. The number of ether oxygens (including phenoxy) is 1. The Kier molecular flexibility index (Phi) is 4.74. The van der Waals surface area contributed by atoms with Crippen molar-refractivity contribution in [2.75, 3.05) is 18.2 Å². The molecule has 3 rings (SSSR count). The minimum absolute atomic E-state index is 0.115. The molecule has 0 radical (unpaired) electrons. The minimum atomic E-state index is -0.147. The quantitative estimate of drug-likeness (QED) is 0.840. The smallest absolute Gasteiger partial charge is 0.315 e. The van der Waals surface area contributed by atoms with E-state index in [2.05, 4.69) is 11.6 Å². The molecule has 1 aromatic heterocycles. The number of aromatic nitrogens is 1. The lowest BCUT2D eigenvalue weighted by Crippen LogP contribution is -2.25. The summed E-state index contributed by atoms with van der Waals surface area (Å²) in [5.74, 6) is -0.261. The highest BCUT2D eigenvalue weighted by Crippen LogP contribution is 2.40. The van der Waals surface area contributed by atoms with Crippen LogP contribution in [0.4, 0.5) is 5.13 Å². The number of aryl methyl sites for hydroxylation is 1. The number of hydrogen-bond donors (Lipinski definition) is 1. The highest BCUT2D eigenvalue weighted by Gasteiger charge is 2.34. The van der Waals surface area contributed by atoms with E-state index in [-0.39, 0.29) is 11.9 Å². The Morgan fingerprint density at radius 2 is 2.33 bits per heavy atom. The van der Waals surface area contributed by atoms with Crippen LogP contribution < -0.4 is 5.32 Å². The number of carbonyl (C=O) groups is 1. The zero-order valence-corrected chi connectivity index (χ0v) is 14.2. The highest BCUT2D eigenvalue weighted by molar-refractivity contribution is 7.99. The van der Waals surface area contributed by atoms with Crippen molar-refractivity contribution < 1.29 is 9.53 Å². The van der Waals surface area contributed by atoms with Crippen LogP contribution in [0, 0.1) is 0 Å². The second-order valence-corrected chi connectivity index (χ2v) is 7.79. The third-order valence-corrected chi connectivity index (χ3v) is 6.58. The van der Waals surface area contributed by atoms with Crippen LogP contribution >= 0.6 is 23.1 Å². The first kappa shape index (κ1) is 15.2. The fourth-order valence-corrected chi connectivity index (χ4v) is 5.33. The van der Waals surface area contributed by atoms with Crippen LogP contribution in [0.3, 0.4) is 0 Å². The van der Waals surface area contributed by atoms with Crippen LogP contribution in [-0.4, -0.2) is 35.1 Å². The fourth-order valence-electron chi connectivity index (χ4n) is 3.29. The van der Waals surface area contributed by atoms with E-state index >= 15 is 0 Å². The van der Waals surface area contributed by atoms with Crippen molar-refractivity contribution in [3.05, 3.63) is 10.6 Å². The average Bonchev–Trinajstić information content (AvgIpc) is 3.14. The summed E-state index contributed by atoms with van der Waals surface area (Å²) in [7, 11) is 0. The molecule has 116 valence electrons. The van der Waals surface area contributed by atoms with E-state index in [1.165, 1.54) is 24.1 Å². The normalized spacial score (nSPS) is 27.6. The van der Waals surface area contributed by atoms with Crippen LogP contribution in [-0.2, 0) is 16.0 Å². The van der Waals surface area contributed by atoms with Gasteiger partial charge in [-0.05, 0) is 38.9 Å². The molecule has 1 aromatic rings. The molecule has 1 heterocycles. The topological polar surface area (TPSA) is 51.2 Å². The standard InChI is InChI=1S/C15H22N2O2S2/c1-3-19-14(18)9-7-8-12-13(9)17-15(21-12)16-10-5-4-6-11(10)20-2/h9-11H,3-8H2,1-2H3,(H,16,17). The molecule has 2 aliphatic rings. The van der Waals surface area contributed by atoms with Gasteiger partial charge in [-0.15, -0.1) is 11.3 Å². The molecule has 0 bridgehead atoms. The fraction of sp³-hybridized carbons (Fsp3) is 0.733. The van der Waals surface area contributed by atoms with Gasteiger partial charge >= 0.3 is 5.97 Å². The summed E-state index contributed by atoms with van der Waals surface area (Å²) in [5, 5.41) is 5.27. The first-order chi connectivity index (χ1) is 10.2. The number of hydrogen-bond acceptors (Lipinski definition) is 6. The van der Waals surface area contributed by atoms with Gasteiger partial charge in [-0.2, -0.15) is 11.8 Å². The van der Waals surface area contributed by atoms with Gasteiger partial charge in [0.25, 0.3) is 0 Å². The van der Waals surface area contributed by atoms with Gasteiger partial charge in [0.2, 0.25) is 0 Å². The summed E-state index contributed by atoms with van der Waals surface area (Å²) >= 11 is 3.66. The summed E-state index contributed by atoms with van der Waals surface area (Å²) in [6.07, 6.45) is 7.79.